The summed E-state index contributed by atoms with van der Waals surface area (Å²) >= 11 is 0. The van der Waals surface area contributed by atoms with Gasteiger partial charge in [0, 0.05) is 12.6 Å². The number of nitrogens with zero attached hydrogens (tertiary/aromatic N) is 3. The fourth-order valence-corrected chi connectivity index (χ4v) is 2.87. The first-order valence-corrected chi connectivity index (χ1v) is 8.14. The minimum atomic E-state index is 0.530. The Balaban J connectivity index is 1.50. The standard InChI is InChI=1S/C17H23N5/c1-3-7-14(8-4-1)11-12-18-17-21-16(13-19-22-17)20-15-9-5-2-6-10-15/h1,3-4,7-8,13,15H,2,5-6,9-12H2,(H2,18,20,21,22). The van der Waals surface area contributed by atoms with E-state index < -0.39 is 0 Å². The second-order valence-corrected chi connectivity index (χ2v) is 5.81. The van der Waals surface area contributed by atoms with E-state index >= 15 is 0 Å². The van der Waals surface area contributed by atoms with Gasteiger partial charge in [0.2, 0.25) is 5.95 Å². The lowest BCUT2D eigenvalue weighted by atomic mass is 9.96. The van der Waals surface area contributed by atoms with Gasteiger partial charge in [0.05, 0.1) is 6.20 Å². The quantitative estimate of drug-likeness (QED) is 0.857. The molecule has 1 aliphatic carbocycles. The zero-order valence-corrected chi connectivity index (χ0v) is 12.8. The molecule has 2 aromatic rings. The van der Waals surface area contributed by atoms with Gasteiger partial charge in [-0.25, -0.2) is 0 Å². The Bertz CT molecular complexity index is 566. The molecule has 1 heterocycles. The number of anilines is 2. The van der Waals surface area contributed by atoms with Gasteiger partial charge < -0.3 is 10.6 Å². The van der Waals surface area contributed by atoms with Gasteiger partial charge in [-0.15, -0.1) is 5.10 Å². The summed E-state index contributed by atoms with van der Waals surface area (Å²) in [6.45, 7) is 0.804. The van der Waals surface area contributed by atoms with Crippen LogP contribution in [0.3, 0.4) is 0 Å². The minimum Gasteiger partial charge on any atom is -0.366 e. The van der Waals surface area contributed by atoms with Crippen molar-refractivity contribution >= 4 is 11.8 Å². The van der Waals surface area contributed by atoms with Crippen LogP contribution in [0.4, 0.5) is 11.8 Å². The summed E-state index contributed by atoms with van der Waals surface area (Å²) in [5.74, 6) is 1.42. The lowest BCUT2D eigenvalue weighted by Crippen LogP contribution is -2.23. The monoisotopic (exact) mass is 297 g/mol. The summed E-state index contributed by atoms with van der Waals surface area (Å²) in [5, 5.41) is 14.8. The second-order valence-electron chi connectivity index (χ2n) is 5.81. The van der Waals surface area contributed by atoms with E-state index in [1.165, 1.54) is 37.7 Å². The predicted molar refractivity (Wildman–Crippen MR) is 89.0 cm³/mol. The molecule has 0 atom stereocenters. The van der Waals surface area contributed by atoms with Crippen LogP contribution in [0.1, 0.15) is 37.7 Å². The van der Waals surface area contributed by atoms with Crippen molar-refractivity contribution in [2.75, 3.05) is 17.2 Å². The Morgan fingerprint density at radius 2 is 1.86 bits per heavy atom. The predicted octanol–water partition coefficient (Wildman–Crippen LogP) is 3.27. The fourth-order valence-electron chi connectivity index (χ4n) is 2.87. The van der Waals surface area contributed by atoms with Crippen LogP contribution in [0.15, 0.2) is 36.5 Å². The first kappa shape index (κ1) is 14.8. The molecule has 0 bridgehead atoms. The minimum absolute atomic E-state index is 0.530. The van der Waals surface area contributed by atoms with Crippen molar-refractivity contribution in [3.05, 3.63) is 42.1 Å². The first-order chi connectivity index (χ1) is 10.9. The van der Waals surface area contributed by atoms with E-state index in [2.05, 4.69) is 50.1 Å². The maximum Gasteiger partial charge on any atom is 0.244 e. The molecule has 0 saturated heterocycles. The van der Waals surface area contributed by atoms with Gasteiger partial charge in [0.25, 0.3) is 0 Å². The van der Waals surface area contributed by atoms with E-state index in [1.807, 2.05) is 6.07 Å². The highest BCUT2D eigenvalue weighted by molar-refractivity contribution is 5.38. The molecule has 1 aromatic carbocycles. The van der Waals surface area contributed by atoms with Crippen LogP contribution in [-0.2, 0) is 6.42 Å². The molecule has 1 aliphatic rings. The highest BCUT2D eigenvalue weighted by Crippen LogP contribution is 2.20. The highest BCUT2D eigenvalue weighted by Gasteiger charge is 2.13. The molecule has 1 saturated carbocycles. The van der Waals surface area contributed by atoms with E-state index in [9.17, 15) is 0 Å². The second kappa shape index (κ2) is 7.73. The lowest BCUT2D eigenvalue weighted by Gasteiger charge is -2.23. The van der Waals surface area contributed by atoms with Crippen molar-refractivity contribution in [3.63, 3.8) is 0 Å². The average Bonchev–Trinajstić information content (AvgIpc) is 2.57. The molecule has 5 nitrogen and oxygen atoms in total. The molecule has 0 amide bonds. The summed E-state index contributed by atoms with van der Waals surface area (Å²) in [4.78, 5) is 4.50. The summed E-state index contributed by atoms with van der Waals surface area (Å²) < 4.78 is 0. The Kier molecular flexibility index (Phi) is 5.18. The summed E-state index contributed by atoms with van der Waals surface area (Å²) in [6.07, 6.45) is 9.06. The Hall–Kier alpha value is -2.17. The van der Waals surface area contributed by atoms with E-state index in [0.29, 0.717) is 12.0 Å². The van der Waals surface area contributed by atoms with Gasteiger partial charge >= 0.3 is 0 Å². The first-order valence-electron chi connectivity index (χ1n) is 8.14. The molecular formula is C17H23N5. The van der Waals surface area contributed by atoms with Crippen LogP contribution >= 0.6 is 0 Å². The van der Waals surface area contributed by atoms with E-state index in [4.69, 9.17) is 0 Å². The molecule has 0 radical (unpaired) electrons. The third kappa shape index (κ3) is 4.41. The van der Waals surface area contributed by atoms with Crippen molar-refractivity contribution in [1.29, 1.82) is 0 Å². The van der Waals surface area contributed by atoms with Crippen molar-refractivity contribution < 1.29 is 0 Å². The zero-order valence-electron chi connectivity index (χ0n) is 12.8. The number of benzene rings is 1. The van der Waals surface area contributed by atoms with Gasteiger partial charge in [-0.05, 0) is 24.8 Å². The molecule has 5 heteroatoms. The number of aromatic nitrogens is 3. The molecule has 0 unspecified atom stereocenters. The molecule has 22 heavy (non-hydrogen) atoms. The average molecular weight is 297 g/mol. The van der Waals surface area contributed by atoms with Crippen molar-refractivity contribution in [2.24, 2.45) is 0 Å². The van der Waals surface area contributed by atoms with Gasteiger partial charge in [-0.3, -0.25) is 0 Å². The Morgan fingerprint density at radius 3 is 2.68 bits per heavy atom. The van der Waals surface area contributed by atoms with Crippen molar-refractivity contribution in [2.45, 2.75) is 44.6 Å². The summed E-state index contributed by atoms with van der Waals surface area (Å²) in [7, 11) is 0. The molecule has 0 aliphatic heterocycles. The normalized spacial score (nSPS) is 15.5. The van der Waals surface area contributed by atoms with Gasteiger partial charge in [-0.2, -0.15) is 10.1 Å². The molecule has 1 fully saturated rings. The highest BCUT2D eigenvalue weighted by atomic mass is 15.3. The van der Waals surface area contributed by atoms with Crippen LogP contribution in [-0.4, -0.2) is 27.8 Å². The zero-order chi connectivity index (χ0) is 15.0. The third-order valence-electron chi connectivity index (χ3n) is 4.06. The lowest BCUT2D eigenvalue weighted by molar-refractivity contribution is 0.461. The van der Waals surface area contributed by atoms with E-state index in [-0.39, 0.29) is 0 Å². The van der Waals surface area contributed by atoms with Crippen LogP contribution in [0.2, 0.25) is 0 Å². The largest absolute Gasteiger partial charge is 0.366 e. The SMILES string of the molecule is c1ccc(CCNc2nncc(NC3CCCCC3)n2)cc1. The van der Waals surface area contributed by atoms with Crippen LogP contribution in [0.25, 0.3) is 0 Å². The molecule has 2 N–H and O–H groups in total. The molecular weight excluding hydrogens is 274 g/mol. The van der Waals surface area contributed by atoms with Crippen molar-refractivity contribution in [3.8, 4) is 0 Å². The van der Waals surface area contributed by atoms with Gasteiger partial charge in [0.1, 0.15) is 0 Å². The number of nitrogens with one attached hydrogen (secondary N) is 2. The number of rotatable bonds is 6. The van der Waals surface area contributed by atoms with Crippen LogP contribution in [0, 0.1) is 0 Å². The Morgan fingerprint density at radius 1 is 1.05 bits per heavy atom. The topological polar surface area (TPSA) is 62.7 Å². The molecule has 1 aromatic heterocycles. The maximum atomic E-state index is 4.50. The van der Waals surface area contributed by atoms with E-state index in [0.717, 1.165) is 18.8 Å². The van der Waals surface area contributed by atoms with Crippen molar-refractivity contribution in [1.82, 2.24) is 15.2 Å². The number of hydrogen-bond donors (Lipinski definition) is 2. The maximum absolute atomic E-state index is 4.50. The summed E-state index contributed by atoms with van der Waals surface area (Å²) in [6, 6.07) is 10.9. The van der Waals surface area contributed by atoms with E-state index in [1.54, 1.807) is 6.20 Å². The molecule has 116 valence electrons. The molecule has 3 rings (SSSR count). The van der Waals surface area contributed by atoms with Crippen LogP contribution < -0.4 is 10.6 Å². The Labute approximate surface area is 131 Å². The van der Waals surface area contributed by atoms with Gasteiger partial charge in [-0.1, -0.05) is 49.6 Å². The third-order valence-corrected chi connectivity index (χ3v) is 4.06. The smallest absolute Gasteiger partial charge is 0.244 e. The molecule has 0 spiro atoms. The number of hydrogen-bond acceptors (Lipinski definition) is 5. The summed E-state index contributed by atoms with van der Waals surface area (Å²) in [5.41, 5.74) is 1.31. The van der Waals surface area contributed by atoms with Gasteiger partial charge in [0.15, 0.2) is 5.82 Å². The fraction of sp³-hybridized carbons (Fsp3) is 0.471. The van der Waals surface area contributed by atoms with Crippen LogP contribution in [0.5, 0.6) is 0 Å².